The molecule has 144 valence electrons. The lowest BCUT2D eigenvalue weighted by molar-refractivity contribution is -0.116. The molecule has 2 rings (SSSR count). The van der Waals surface area contributed by atoms with Gasteiger partial charge in [-0.05, 0) is 37.3 Å². The van der Waals surface area contributed by atoms with Crippen LogP contribution in [0.4, 0.5) is 5.69 Å². The first-order chi connectivity index (χ1) is 12.6. The smallest absolute Gasteiger partial charge is 0.247 e. The van der Waals surface area contributed by atoms with Gasteiger partial charge in [0.05, 0.1) is 13.7 Å². The number of benzene rings is 2. The first-order valence-corrected chi connectivity index (χ1v) is 9.67. The van der Waals surface area contributed by atoms with E-state index < -0.39 is 22.5 Å². The van der Waals surface area contributed by atoms with Crippen LogP contribution < -0.4 is 10.1 Å². The lowest BCUT2D eigenvalue weighted by Gasteiger charge is -2.18. The second-order valence-electron chi connectivity index (χ2n) is 5.74. The van der Waals surface area contributed by atoms with Gasteiger partial charge in [-0.25, -0.2) is 8.42 Å². The first-order valence-electron chi connectivity index (χ1n) is 7.86. The van der Waals surface area contributed by atoms with E-state index in [-0.39, 0.29) is 21.5 Å². The Labute approximate surface area is 162 Å². The maximum atomic E-state index is 12.8. The summed E-state index contributed by atoms with van der Waals surface area (Å²) in [5.74, 6) is -0.567. The molecule has 0 saturated carbocycles. The molecular formula is C18H19ClN2O5S. The van der Waals surface area contributed by atoms with Gasteiger partial charge in [0.2, 0.25) is 15.9 Å². The quantitative estimate of drug-likeness (QED) is 0.708. The van der Waals surface area contributed by atoms with Crippen molar-refractivity contribution in [3.8, 4) is 5.75 Å². The molecular weight excluding hydrogens is 392 g/mol. The third-order valence-electron chi connectivity index (χ3n) is 3.73. The number of ether oxygens (including phenoxy) is 1. The normalized spacial score (nSPS) is 11.3. The number of carbonyl (C=O) groups excluding carboxylic acids is 2. The molecule has 0 aliphatic rings. The van der Waals surface area contributed by atoms with E-state index in [0.29, 0.717) is 11.3 Å². The van der Waals surface area contributed by atoms with Crippen molar-refractivity contribution in [1.29, 1.82) is 0 Å². The minimum absolute atomic E-state index is 0.126. The number of Topliss-reactive ketones (excluding diaryl/α,β-unsaturated/α-hetero) is 1. The van der Waals surface area contributed by atoms with Crippen LogP contribution in [-0.4, -0.2) is 45.1 Å². The fourth-order valence-electron chi connectivity index (χ4n) is 2.32. The van der Waals surface area contributed by atoms with Crippen molar-refractivity contribution in [3.05, 3.63) is 53.1 Å². The Morgan fingerprint density at radius 1 is 1.19 bits per heavy atom. The van der Waals surface area contributed by atoms with Crippen molar-refractivity contribution in [2.24, 2.45) is 0 Å². The molecule has 0 unspecified atom stereocenters. The molecule has 0 atom stereocenters. The summed E-state index contributed by atoms with van der Waals surface area (Å²) in [7, 11) is -1.38. The molecule has 1 N–H and O–H groups in total. The highest BCUT2D eigenvalue weighted by Gasteiger charge is 2.27. The van der Waals surface area contributed by atoms with Crippen LogP contribution in [0.1, 0.15) is 17.3 Å². The zero-order chi connectivity index (χ0) is 20.2. The topological polar surface area (TPSA) is 92.8 Å². The summed E-state index contributed by atoms with van der Waals surface area (Å²) >= 11 is 5.89. The van der Waals surface area contributed by atoms with Crippen LogP contribution >= 0.6 is 11.6 Å². The summed E-state index contributed by atoms with van der Waals surface area (Å²) in [6, 6.07) is 10.6. The number of halogens is 1. The van der Waals surface area contributed by atoms with E-state index in [9.17, 15) is 18.0 Å². The zero-order valence-electron chi connectivity index (χ0n) is 15.0. The number of amides is 1. The highest BCUT2D eigenvalue weighted by atomic mass is 35.5. The fourth-order valence-corrected chi connectivity index (χ4v) is 3.86. The van der Waals surface area contributed by atoms with E-state index >= 15 is 0 Å². The third kappa shape index (κ3) is 5.06. The Kier molecular flexibility index (Phi) is 6.59. The Morgan fingerprint density at radius 2 is 1.89 bits per heavy atom. The number of hydrogen-bond donors (Lipinski definition) is 1. The van der Waals surface area contributed by atoms with Crippen LogP contribution in [0.5, 0.6) is 5.75 Å². The number of nitrogens with zero attached hydrogens (tertiary/aromatic N) is 1. The van der Waals surface area contributed by atoms with Crippen LogP contribution in [-0.2, 0) is 14.8 Å². The molecule has 0 radical (unpaired) electrons. The third-order valence-corrected chi connectivity index (χ3v) is 5.79. The minimum Gasteiger partial charge on any atom is -0.495 e. The van der Waals surface area contributed by atoms with E-state index in [1.807, 2.05) is 0 Å². The van der Waals surface area contributed by atoms with E-state index in [0.717, 1.165) is 4.31 Å². The number of rotatable bonds is 7. The minimum atomic E-state index is -4.00. The maximum absolute atomic E-state index is 12.8. The van der Waals surface area contributed by atoms with E-state index in [2.05, 4.69) is 5.32 Å². The molecule has 0 bridgehead atoms. The summed E-state index contributed by atoms with van der Waals surface area (Å²) < 4.78 is 31.5. The largest absolute Gasteiger partial charge is 0.495 e. The molecule has 0 heterocycles. The Balaban J connectivity index is 2.17. The molecule has 0 aliphatic carbocycles. The van der Waals surface area contributed by atoms with Gasteiger partial charge in [-0.1, -0.05) is 23.7 Å². The van der Waals surface area contributed by atoms with E-state index in [1.165, 1.54) is 45.3 Å². The first kappa shape index (κ1) is 20.9. The van der Waals surface area contributed by atoms with Crippen molar-refractivity contribution in [1.82, 2.24) is 4.31 Å². The zero-order valence-corrected chi connectivity index (χ0v) is 16.6. The van der Waals surface area contributed by atoms with E-state index in [1.54, 1.807) is 18.2 Å². The number of methoxy groups -OCH3 is 1. The van der Waals surface area contributed by atoms with Crippen molar-refractivity contribution >= 4 is 39.0 Å². The van der Waals surface area contributed by atoms with Crippen LogP contribution in [0.3, 0.4) is 0 Å². The Morgan fingerprint density at radius 3 is 2.52 bits per heavy atom. The summed E-state index contributed by atoms with van der Waals surface area (Å²) in [5.41, 5.74) is 0.844. The molecule has 27 heavy (non-hydrogen) atoms. The van der Waals surface area contributed by atoms with Gasteiger partial charge in [0.1, 0.15) is 10.6 Å². The molecule has 9 heteroatoms. The van der Waals surface area contributed by atoms with Gasteiger partial charge in [0.25, 0.3) is 0 Å². The lowest BCUT2D eigenvalue weighted by atomic mass is 10.1. The van der Waals surface area contributed by atoms with Crippen molar-refractivity contribution in [2.45, 2.75) is 11.8 Å². The van der Waals surface area contributed by atoms with Crippen LogP contribution in [0.15, 0.2) is 47.4 Å². The number of anilines is 1. The van der Waals surface area contributed by atoms with Gasteiger partial charge in [0, 0.05) is 23.3 Å². The maximum Gasteiger partial charge on any atom is 0.247 e. The molecule has 0 saturated heterocycles. The predicted molar refractivity (Wildman–Crippen MR) is 103 cm³/mol. The number of ketones is 1. The van der Waals surface area contributed by atoms with Gasteiger partial charge in [0.15, 0.2) is 5.78 Å². The molecule has 0 aliphatic heterocycles. The number of likely N-dealkylation sites (N-methyl/N-ethyl adjacent to an activating group) is 1. The van der Waals surface area contributed by atoms with Crippen molar-refractivity contribution < 1.29 is 22.7 Å². The Bertz CT molecular complexity index is 975. The van der Waals surface area contributed by atoms with Crippen LogP contribution in [0.2, 0.25) is 5.02 Å². The highest BCUT2D eigenvalue weighted by Crippen LogP contribution is 2.29. The lowest BCUT2D eigenvalue weighted by Crippen LogP contribution is -2.35. The molecule has 2 aromatic carbocycles. The summed E-state index contributed by atoms with van der Waals surface area (Å²) in [6.45, 7) is 0.988. The number of sulfonamides is 1. The van der Waals surface area contributed by atoms with Gasteiger partial charge < -0.3 is 10.1 Å². The number of hydrogen-bond acceptors (Lipinski definition) is 5. The van der Waals surface area contributed by atoms with Gasteiger partial charge in [-0.15, -0.1) is 0 Å². The Hall–Kier alpha value is -2.42. The van der Waals surface area contributed by atoms with Crippen molar-refractivity contribution in [2.75, 3.05) is 26.0 Å². The molecule has 0 aromatic heterocycles. The summed E-state index contributed by atoms with van der Waals surface area (Å²) in [6.07, 6.45) is 0. The number of nitrogens with one attached hydrogen (secondary N) is 1. The van der Waals surface area contributed by atoms with Gasteiger partial charge >= 0.3 is 0 Å². The molecule has 2 aromatic rings. The fraction of sp³-hybridized carbons (Fsp3) is 0.222. The molecule has 1 amide bonds. The van der Waals surface area contributed by atoms with Gasteiger partial charge in [-0.3, -0.25) is 9.59 Å². The van der Waals surface area contributed by atoms with Crippen LogP contribution in [0.25, 0.3) is 0 Å². The molecule has 0 spiro atoms. The van der Waals surface area contributed by atoms with Crippen LogP contribution in [0, 0.1) is 0 Å². The summed E-state index contributed by atoms with van der Waals surface area (Å²) in [5, 5.41) is 2.81. The predicted octanol–water partition coefficient (Wildman–Crippen LogP) is 2.81. The molecule has 7 nitrogen and oxygen atoms in total. The standard InChI is InChI=1S/C18H19ClN2O5S/c1-12(22)13-5-4-6-15(9-13)20-18(23)11-21(2)27(24,25)17-10-14(19)7-8-16(17)26-3/h4-10H,11H2,1-3H3,(H,20,23). The average Bonchev–Trinajstić information content (AvgIpc) is 2.61. The molecule has 0 fully saturated rings. The van der Waals surface area contributed by atoms with E-state index in [4.69, 9.17) is 16.3 Å². The second-order valence-corrected chi connectivity index (χ2v) is 8.19. The monoisotopic (exact) mass is 410 g/mol. The highest BCUT2D eigenvalue weighted by molar-refractivity contribution is 7.89. The van der Waals surface area contributed by atoms with Crippen molar-refractivity contribution in [3.63, 3.8) is 0 Å². The average molecular weight is 411 g/mol. The second kappa shape index (κ2) is 8.51. The SMILES string of the molecule is COc1ccc(Cl)cc1S(=O)(=O)N(C)CC(=O)Nc1cccc(C(C)=O)c1. The summed E-state index contributed by atoms with van der Waals surface area (Å²) in [4.78, 5) is 23.5. The van der Waals surface area contributed by atoms with Gasteiger partial charge in [-0.2, -0.15) is 4.31 Å². The number of carbonyl (C=O) groups is 2.